The summed E-state index contributed by atoms with van der Waals surface area (Å²) < 4.78 is 2.14. The Morgan fingerprint density at radius 2 is 1.56 bits per heavy atom. The Morgan fingerprint density at radius 3 is 2.39 bits per heavy atom. The zero-order valence-electron chi connectivity index (χ0n) is 10.5. The molecule has 0 spiro atoms. The van der Waals surface area contributed by atoms with Gasteiger partial charge in [-0.3, -0.25) is 0 Å². The Morgan fingerprint density at radius 1 is 0.833 bits per heavy atom. The average molecular weight is 234 g/mol. The first kappa shape index (κ1) is 11.0. The molecule has 0 N–H and O–H groups in total. The molecular weight excluding hydrogens is 218 g/mol. The predicted molar refractivity (Wildman–Crippen MR) is 74.4 cm³/mol. The fraction of sp³-hybridized carbons (Fsp3) is 0.118. The molecule has 1 nitrogen and oxygen atoms in total. The Labute approximate surface area is 107 Å². The molecule has 0 radical (unpaired) electrons. The SMILES string of the molecule is C[n+]1cc(Cc2ccccc2)c2ccccc2c1. The predicted octanol–water partition coefficient (Wildman–Crippen LogP) is 3.26. The number of nitrogens with zero attached hydrogens (tertiary/aromatic N) is 1. The van der Waals surface area contributed by atoms with Crippen LogP contribution in [0.1, 0.15) is 11.1 Å². The molecule has 0 atom stereocenters. The van der Waals surface area contributed by atoms with Crippen molar-refractivity contribution in [2.24, 2.45) is 7.05 Å². The van der Waals surface area contributed by atoms with Crippen LogP contribution >= 0.6 is 0 Å². The van der Waals surface area contributed by atoms with Gasteiger partial charge in [-0.2, -0.15) is 0 Å². The highest BCUT2D eigenvalue weighted by atomic mass is 14.9. The summed E-state index contributed by atoms with van der Waals surface area (Å²) in [4.78, 5) is 0. The summed E-state index contributed by atoms with van der Waals surface area (Å²) in [5.41, 5.74) is 2.73. The van der Waals surface area contributed by atoms with Gasteiger partial charge in [-0.25, -0.2) is 4.57 Å². The molecule has 18 heavy (non-hydrogen) atoms. The standard InChI is InChI=1S/C17H16N/c1-18-12-15-9-5-6-10-17(15)16(13-18)11-14-7-3-2-4-8-14/h2-10,12-13H,11H2,1H3/q+1. The second kappa shape index (κ2) is 4.61. The summed E-state index contributed by atoms with van der Waals surface area (Å²) >= 11 is 0. The van der Waals surface area contributed by atoms with E-state index in [9.17, 15) is 0 Å². The van der Waals surface area contributed by atoms with Crippen molar-refractivity contribution in [2.45, 2.75) is 6.42 Å². The highest BCUT2D eigenvalue weighted by molar-refractivity contribution is 5.84. The van der Waals surface area contributed by atoms with Crippen molar-refractivity contribution in [1.29, 1.82) is 0 Å². The smallest absolute Gasteiger partial charge is 0.176 e. The van der Waals surface area contributed by atoms with Crippen molar-refractivity contribution in [3.63, 3.8) is 0 Å². The third-order valence-electron chi connectivity index (χ3n) is 3.25. The third-order valence-corrected chi connectivity index (χ3v) is 3.25. The molecule has 0 bridgehead atoms. The summed E-state index contributed by atoms with van der Waals surface area (Å²) in [7, 11) is 2.08. The second-order valence-corrected chi connectivity index (χ2v) is 4.70. The second-order valence-electron chi connectivity index (χ2n) is 4.70. The van der Waals surface area contributed by atoms with E-state index in [2.05, 4.69) is 78.6 Å². The van der Waals surface area contributed by atoms with E-state index in [1.807, 2.05) is 0 Å². The maximum Gasteiger partial charge on any atom is 0.176 e. The van der Waals surface area contributed by atoms with E-state index in [-0.39, 0.29) is 0 Å². The molecule has 0 saturated carbocycles. The minimum atomic E-state index is 0.982. The fourth-order valence-electron chi connectivity index (χ4n) is 2.43. The summed E-state index contributed by atoms with van der Waals surface area (Å²) in [5, 5.41) is 2.65. The minimum absolute atomic E-state index is 0.982. The van der Waals surface area contributed by atoms with Gasteiger partial charge in [0.2, 0.25) is 0 Å². The van der Waals surface area contributed by atoms with Crippen molar-refractivity contribution in [3.05, 3.63) is 78.1 Å². The van der Waals surface area contributed by atoms with Gasteiger partial charge in [-0.15, -0.1) is 0 Å². The molecule has 1 heteroatoms. The molecule has 0 aliphatic heterocycles. The van der Waals surface area contributed by atoms with Gasteiger partial charge in [0.25, 0.3) is 0 Å². The number of rotatable bonds is 2. The molecule has 0 aliphatic rings. The zero-order valence-corrected chi connectivity index (χ0v) is 10.5. The maximum atomic E-state index is 2.22. The molecule has 88 valence electrons. The molecule has 0 aliphatic carbocycles. The first-order chi connectivity index (χ1) is 8.83. The number of benzene rings is 2. The lowest BCUT2D eigenvalue weighted by Gasteiger charge is -2.05. The first-order valence-corrected chi connectivity index (χ1v) is 6.24. The quantitative estimate of drug-likeness (QED) is 0.599. The van der Waals surface area contributed by atoms with Crippen molar-refractivity contribution in [2.75, 3.05) is 0 Å². The van der Waals surface area contributed by atoms with Crippen LogP contribution in [0.25, 0.3) is 10.8 Å². The molecule has 1 heterocycles. The maximum absolute atomic E-state index is 2.22. The van der Waals surface area contributed by atoms with E-state index in [1.54, 1.807) is 0 Å². The average Bonchev–Trinajstić information content (AvgIpc) is 2.40. The highest BCUT2D eigenvalue weighted by Gasteiger charge is 2.07. The number of pyridine rings is 1. The molecule has 0 amide bonds. The van der Waals surface area contributed by atoms with Gasteiger partial charge in [0.1, 0.15) is 7.05 Å². The lowest BCUT2D eigenvalue weighted by molar-refractivity contribution is -0.670. The minimum Gasteiger partial charge on any atom is -0.207 e. The van der Waals surface area contributed by atoms with E-state index in [1.165, 1.54) is 21.9 Å². The molecule has 1 aromatic heterocycles. The number of fused-ring (bicyclic) bond motifs is 1. The number of hydrogen-bond donors (Lipinski definition) is 0. The Kier molecular flexibility index (Phi) is 2.81. The van der Waals surface area contributed by atoms with Crippen molar-refractivity contribution in [3.8, 4) is 0 Å². The van der Waals surface area contributed by atoms with Crippen LogP contribution in [0, 0.1) is 0 Å². The number of aryl methyl sites for hydroxylation is 1. The van der Waals surface area contributed by atoms with E-state index in [4.69, 9.17) is 0 Å². The molecular formula is C17H16N+. The van der Waals surface area contributed by atoms with Gasteiger partial charge >= 0.3 is 0 Å². The third kappa shape index (κ3) is 2.12. The van der Waals surface area contributed by atoms with Crippen LogP contribution in [0.4, 0.5) is 0 Å². The Hall–Kier alpha value is -2.15. The van der Waals surface area contributed by atoms with Gasteiger partial charge in [-0.1, -0.05) is 48.5 Å². The van der Waals surface area contributed by atoms with Crippen LogP contribution in [-0.4, -0.2) is 0 Å². The molecule has 2 aromatic carbocycles. The summed E-state index contributed by atoms with van der Waals surface area (Å²) in [5.74, 6) is 0. The fourth-order valence-corrected chi connectivity index (χ4v) is 2.43. The Bertz CT molecular complexity index is 672. The van der Waals surface area contributed by atoms with Crippen molar-refractivity contribution in [1.82, 2.24) is 0 Å². The summed E-state index contributed by atoms with van der Waals surface area (Å²) in [6.45, 7) is 0. The van der Waals surface area contributed by atoms with Gasteiger partial charge in [0, 0.05) is 17.4 Å². The van der Waals surface area contributed by atoms with Crippen LogP contribution in [0.5, 0.6) is 0 Å². The molecule has 0 fully saturated rings. The Balaban J connectivity index is 2.11. The summed E-state index contributed by atoms with van der Waals surface area (Å²) in [6, 6.07) is 19.2. The van der Waals surface area contributed by atoms with Crippen LogP contribution < -0.4 is 4.57 Å². The highest BCUT2D eigenvalue weighted by Crippen LogP contribution is 2.19. The van der Waals surface area contributed by atoms with E-state index >= 15 is 0 Å². The molecule has 0 unspecified atom stereocenters. The van der Waals surface area contributed by atoms with Gasteiger partial charge in [0.05, 0.1) is 0 Å². The van der Waals surface area contributed by atoms with Crippen LogP contribution in [0.3, 0.4) is 0 Å². The normalized spacial score (nSPS) is 10.7. The van der Waals surface area contributed by atoms with Crippen LogP contribution in [0.2, 0.25) is 0 Å². The molecule has 3 rings (SSSR count). The van der Waals surface area contributed by atoms with Crippen LogP contribution in [0.15, 0.2) is 67.0 Å². The molecule has 3 aromatic rings. The molecule has 0 saturated heterocycles. The monoisotopic (exact) mass is 234 g/mol. The lowest BCUT2D eigenvalue weighted by atomic mass is 10.0. The summed E-state index contributed by atoms with van der Waals surface area (Å²) in [6.07, 6.45) is 5.37. The number of aromatic nitrogens is 1. The zero-order chi connectivity index (χ0) is 12.4. The van der Waals surface area contributed by atoms with Crippen molar-refractivity contribution >= 4 is 10.8 Å². The van der Waals surface area contributed by atoms with E-state index in [0.29, 0.717) is 0 Å². The van der Waals surface area contributed by atoms with E-state index < -0.39 is 0 Å². The van der Waals surface area contributed by atoms with Gasteiger partial charge in [-0.05, 0) is 17.0 Å². The number of hydrogen-bond acceptors (Lipinski definition) is 0. The van der Waals surface area contributed by atoms with Gasteiger partial charge < -0.3 is 0 Å². The first-order valence-electron chi connectivity index (χ1n) is 6.24. The van der Waals surface area contributed by atoms with Crippen molar-refractivity contribution < 1.29 is 4.57 Å². The van der Waals surface area contributed by atoms with Crippen LogP contribution in [-0.2, 0) is 13.5 Å². The lowest BCUT2D eigenvalue weighted by Crippen LogP contribution is -2.27. The topological polar surface area (TPSA) is 3.88 Å². The van der Waals surface area contributed by atoms with Gasteiger partial charge in [0.15, 0.2) is 12.4 Å². The van der Waals surface area contributed by atoms with E-state index in [0.717, 1.165) is 6.42 Å². The largest absolute Gasteiger partial charge is 0.207 e.